The van der Waals surface area contributed by atoms with Crippen LogP contribution in [0, 0.1) is 27.7 Å². The third kappa shape index (κ3) is 6.26. The van der Waals surface area contributed by atoms with Gasteiger partial charge in [-0.1, -0.05) is 136 Å². The average Bonchev–Trinajstić information content (AvgIpc) is 3.90. The Kier molecular flexibility index (Phi) is 9.43. The van der Waals surface area contributed by atoms with E-state index in [0.717, 1.165) is 104 Å². The molecule has 12 aromatic rings. The fourth-order valence-electron chi connectivity index (χ4n) is 11.1. The van der Waals surface area contributed by atoms with Crippen LogP contribution in [0.4, 0.5) is 34.1 Å². The zero-order valence-corrected chi connectivity index (χ0v) is 38.6. The van der Waals surface area contributed by atoms with Gasteiger partial charge in [-0.3, -0.25) is 0 Å². The average molecular weight is 857 g/mol. The van der Waals surface area contributed by atoms with Gasteiger partial charge in [-0.15, -0.1) is 0 Å². The SMILES string of the molecule is CCCc1cccc2c1oc1c(N(c3cc(C)cc(C)c3)c3ccc4ccc5c(N(c6cc(C)cc(C)c6)c6cccc7c6oc6c(CCC)cccc67)ccc6ccc3c4c65)cccc12. The summed E-state index contributed by atoms with van der Waals surface area (Å²) in [5.41, 5.74) is 17.6. The lowest BCUT2D eigenvalue weighted by atomic mass is 9.91. The number of furan rings is 2. The monoisotopic (exact) mass is 856 g/mol. The first-order chi connectivity index (χ1) is 32.3. The molecule has 4 nitrogen and oxygen atoms in total. The van der Waals surface area contributed by atoms with Crippen LogP contribution in [0.5, 0.6) is 0 Å². The molecule has 2 heterocycles. The summed E-state index contributed by atoms with van der Waals surface area (Å²) in [6, 6.07) is 58.7. The lowest BCUT2D eigenvalue weighted by Crippen LogP contribution is -2.12. The Morgan fingerprint density at radius 3 is 1.11 bits per heavy atom. The molecule has 0 spiro atoms. The van der Waals surface area contributed by atoms with Crippen molar-refractivity contribution >= 4 is 110 Å². The zero-order valence-electron chi connectivity index (χ0n) is 38.6. The number of hydrogen-bond acceptors (Lipinski definition) is 4. The molecule has 0 aliphatic rings. The molecule has 10 aromatic carbocycles. The van der Waals surface area contributed by atoms with Crippen molar-refractivity contribution in [2.45, 2.75) is 67.2 Å². The van der Waals surface area contributed by atoms with Gasteiger partial charge in [0.15, 0.2) is 11.2 Å². The number of fused-ring (bicyclic) bond motifs is 6. The summed E-state index contributed by atoms with van der Waals surface area (Å²) in [5.74, 6) is 0. The lowest BCUT2D eigenvalue weighted by Gasteiger charge is -2.30. The Balaban J connectivity index is 1.13. The third-order valence-corrected chi connectivity index (χ3v) is 13.7. The number of anilines is 6. The molecule has 0 fully saturated rings. The molecule has 0 aliphatic heterocycles. The third-order valence-electron chi connectivity index (χ3n) is 13.7. The van der Waals surface area contributed by atoms with Gasteiger partial charge in [0, 0.05) is 43.7 Å². The van der Waals surface area contributed by atoms with Crippen LogP contribution >= 0.6 is 0 Å². The first-order valence-corrected chi connectivity index (χ1v) is 23.6. The fraction of sp³-hybridized carbons (Fsp3) is 0.161. The maximum absolute atomic E-state index is 7.03. The van der Waals surface area contributed by atoms with Gasteiger partial charge in [-0.2, -0.15) is 0 Å². The molecule has 0 radical (unpaired) electrons. The molecule has 0 atom stereocenters. The van der Waals surface area contributed by atoms with Gasteiger partial charge in [0.05, 0.1) is 22.7 Å². The Hall–Kier alpha value is -7.56. The number of rotatable bonds is 10. The molecule has 0 unspecified atom stereocenters. The topological polar surface area (TPSA) is 32.8 Å². The van der Waals surface area contributed by atoms with E-state index in [0.29, 0.717) is 0 Å². The second-order valence-electron chi connectivity index (χ2n) is 18.6. The van der Waals surface area contributed by atoms with Crippen LogP contribution in [0.3, 0.4) is 0 Å². The highest BCUT2D eigenvalue weighted by Crippen LogP contribution is 2.51. The standard InChI is InChI=1S/C62H52N2O2/c1-7-13-43-15-9-17-47-49-19-11-21-55(61(49)65-59(43)47)63(45-33-37(3)31-38(4)34-45)53-29-25-41-24-28-52-54(30-26-42-23-27-51(53)57(41)58(42)52)64(46-35-39(5)32-40(6)36-46)56-22-12-20-50-48-18-10-16-44(14-8-2)60(48)66-62(50)56/h9-12,15-36H,7-8,13-14H2,1-6H3. The van der Waals surface area contributed by atoms with Crippen molar-refractivity contribution in [2.24, 2.45) is 0 Å². The molecule has 0 amide bonds. The van der Waals surface area contributed by atoms with Crippen molar-refractivity contribution in [3.05, 3.63) is 191 Å². The van der Waals surface area contributed by atoms with E-state index in [1.165, 1.54) is 65.7 Å². The van der Waals surface area contributed by atoms with Crippen molar-refractivity contribution in [3.8, 4) is 0 Å². The molecule has 0 saturated heterocycles. The van der Waals surface area contributed by atoms with Crippen LogP contribution in [-0.4, -0.2) is 0 Å². The number of hydrogen-bond donors (Lipinski definition) is 0. The molecule has 2 aromatic heterocycles. The predicted molar refractivity (Wildman–Crippen MR) is 281 cm³/mol. The minimum absolute atomic E-state index is 0.897. The normalized spacial score (nSPS) is 12.0. The molecule has 0 bridgehead atoms. The van der Waals surface area contributed by atoms with E-state index in [-0.39, 0.29) is 0 Å². The molecule has 0 saturated carbocycles. The maximum atomic E-state index is 7.03. The van der Waals surface area contributed by atoms with Gasteiger partial charge in [0.1, 0.15) is 11.2 Å². The van der Waals surface area contributed by atoms with Crippen LogP contribution in [0.25, 0.3) is 76.2 Å². The van der Waals surface area contributed by atoms with E-state index in [4.69, 9.17) is 8.83 Å². The minimum atomic E-state index is 0.897. The summed E-state index contributed by atoms with van der Waals surface area (Å²) in [4.78, 5) is 4.88. The van der Waals surface area contributed by atoms with Crippen molar-refractivity contribution in [2.75, 3.05) is 9.80 Å². The highest BCUT2D eigenvalue weighted by molar-refractivity contribution is 6.29. The van der Waals surface area contributed by atoms with Crippen LogP contribution in [0.15, 0.2) is 167 Å². The van der Waals surface area contributed by atoms with Crippen molar-refractivity contribution in [3.63, 3.8) is 0 Å². The van der Waals surface area contributed by atoms with E-state index in [2.05, 4.69) is 209 Å². The Morgan fingerprint density at radius 2 is 0.712 bits per heavy atom. The summed E-state index contributed by atoms with van der Waals surface area (Å²) in [5, 5.41) is 11.8. The van der Waals surface area contributed by atoms with Crippen molar-refractivity contribution in [1.82, 2.24) is 0 Å². The first kappa shape index (κ1) is 40.0. The Labute approximate surface area is 385 Å². The quantitative estimate of drug-likeness (QED) is 0.128. The van der Waals surface area contributed by atoms with Crippen LogP contribution in [-0.2, 0) is 12.8 Å². The molecule has 0 N–H and O–H groups in total. The number of benzene rings is 10. The van der Waals surface area contributed by atoms with Crippen LogP contribution < -0.4 is 9.80 Å². The molecule has 4 heteroatoms. The van der Waals surface area contributed by atoms with Gasteiger partial charge in [0.2, 0.25) is 0 Å². The summed E-state index contributed by atoms with van der Waals surface area (Å²) < 4.78 is 14.1. The predicted octanol–water partition coefficient (Wildman–Crippen LogP) is 18.5. The van der Waals surface area contributed by atoms with E-state index >= 15 is 0 Å². The summed E-state index contributed by atoms with van der Waals surface area (Å²) in [6.45, 7) is 13.2. The summed E-state index contributed by atoms with van der Waals surface area (Å²) in [6.07, 6.45) is 4.05. The second-order valence-corrected chi connectivity index (χ2v) is 18.6. The molecule has 12 rings (SSSR count). The molecule has 66 heavy (non-hydrogen) atoms. The van der Waals surface area contributed by atoms with Crippen molar-refractivity contribution in [1.29, 1.82) is 0 Å². The lowest BCUT2D eigenvalue weighted by molar-refractivity contribution is 0.661. The van der Waals surface area contributed by atoms with E-state index in [1.807, 2.05) is 0 Å². The van der Waals surface area contributed by atoms with Gasteiger partial charge < -0.3 is 18.6 Å². The highest BCUT2D eigenvalue weighted by atomic mass is 16.3. The van der Waals surface area contributed by atoms with E-state index in [9.17, 15) is 0 Å². The van der Waals surface area contributed by atoms with Gasteiger partial charge in [-0.25, -0.2) is 0 Å². The second kappa shape index (κ2) is 15.6. The molecule has 322 valence electrons. The molecular weight excluding hydrogens is 805 g/mol. The first-order valence-electron chi connectivity index (χ1n) is 23.6. The zero-order chi connectivity index (χ0) is 44.8. The number of aryl methyl sites for hydroxylation is 6. The van der Waals surface area contributed by atoms with Gasteiger partial charge >= 0.3 is 0 Å². The van der Waals surface area contributed by atoms with Gasteiger partial charge in [0.25, 0.3) is 0 Å². The van der Waals surface area contributed by atoms with E-state index < -0.39 is 0 Å². The van der Waals surface area contributed by atoms with Gasteiger partial charge in [-0.05, 0) is 144 Å². The fourth-order valence-corrected chi connectivity index (χ4v) is 11.1. The van der Waals surface area contributed by atoms with Crippen molar-refractivity contribution < 1.29 is 8.83 Å². The maximum Gasteiger partial charge on any atom is 0.159 e. The summed E-state index contributed by atoms with van der Waals surface area (Å²) >= 11 is 0. The minimum Gasteiger partial charge on any atom is -0.454 e. The molecule has 0 aliphatic carbocycles. The molecular formula is C62H52N2O2. The summed E-state index contributed by atoms with van der Waals surface area (Å²) in [7, 11) is 0. The van der Waals surface area contributed by atoms with Crippen LogP contribution in [0.1, 0.15) is 60.1 Å². The van der Waals surface area contributed by atoms with Crippen LogP contribution in [0.2, 0.25) is 0 Å². The Morgan fingerprint density at radius 1 is 0.348 bits per heavy atom. The van der Waals surface area contributed by atoms with E-state index in [1.54, 1.807) is 0 Å². The number of nitrogens with zero attached hydrogens (tertiary/aromatic N) is 2. The highest BCUT2D eigenvalue weighted by Gasteiger charge is 2.26. The Bertz CT molecular complexity index is 3570. The number of para-hydroxylation sites is 4. The smallest absolute Gasteiger partial charge is 0.159 e. The largest absolute Gasteiger partial charge is 0.454 e.